The summed E-state index contributed by atoms with van der Waals surface area (Å²) in [5, 5.41) is 4.82. The van der Waals surface area contributed by atoms with Crippen molar-refractivity contribution in [3.63, 3.8) is 0 Å². The first-order valence-corrected chi connectivity index (χ1v) is 9.89. The molecule has 0 saturated carbocycles. The first-order valence-electron chi connectivity index (χ1n) is 9.01. The van der Waals surface area contributed by atoms with E-state index in [4.69, 9.17) is 9.47 Å². The Morgan fingerprint density at radius 3 is 2.46 bits per heavy atom. The first kappa shape index (κ1) is 18.3. The number of carbonyl (C=O) groups is 2. The molecule has 1 aliphatic rings. The highest BCUT2D eigenvalue weighted by atomic mass is 32.1. The van der Waals surface area contributed by atoms with E-state index in [0.717, 1.165) is 5.56 Å². The van der Waals surface area contributed by atoms with Crippen molar-refractivity contribution in [2.45, 2.75) is 13.0 Å². The van der Waals surface area contributed by atoms with Crippen molar-refractivity contribution in [1.29, 1.82) is 0 Å². The molecule has 1 atom stereocenters. The Morgan fingerprint density at radius 2 is 1.71 bits per heavy atom. The molecule has 0 radical (unpaired) electrons. The number of benzene rings is 2. The third kappa shape index (κ3) is 3.64. The van der Waals surface area contributed by atoms with Gasteiger partial charge in [0.15, 0.2) is 11.5 Å². The van der Waals surface area contributed by atoms with Crippen LogP contribution in [-0.2, 0) is 0 Å². The van der Waals surface area contributed by atoms with Crippen LogP contribution in [0.2, 0.25) is 0 Å². The smallest absolute Gasteiger partial charge is 0.252 e. The molecule has 0 spiro atoms. The number of hydrogen-bond acceptors (Lipinski definition) is 5. The van der Waals surface area contributed by atoms with Gasteiger partial charge in [-0.1, -0.05) is 30.3 Å². The lowest BCUT2D eigenvalue weighted by atomic mass is 10.0. The molecule has 2 aromatic carbocycles. The summed E-state index contributed by atoms with van der Waals surface area (Å²) in [6.07, 6.45) is 0. The number of ketones is 1. The predicted octanol–water partition coefficient (Wildman–Crippen LogP) is 4.24. The second-order valence-corrected chi connectivity index (χ2v) is 7.40. The lowest BCUT2D eigenvalue weighted by Crippen LogP contribution is -2.28. The Morgan fingerprint density at radius 1 is 0.964 bits per heavy atom. The molecule has 1 unspecified atom stereocenters. The highest BCUT2D eigenvalue weighted by molar-refractivity contribution is 7.12. The second kappa shape index (κ2) is 7.86. The number of hydrogen-bond donors (Lipinski definition) is 1. The Bertz CT molecular complexity index is 1010. The number of amides is 1. The van der Waals surface area contributed by atoms with E-state index in [-0.39, 0.29) is 17.7 Å². The van der Waals surface area contributed by atoms with Gasteiger partial charge in [-0.05, 0) is 42.1 Å². The van der Waals surface area contributed by atoms with E-state index in [1.54, 1.807) is 30.3 Å². The lowest BCUT2D eigenvalue weighted by molar-refractivity contribution is 0.0929. The Balaban J connectivity index is 1.55. The van der Waals surface area contributed by atoms with Crippen LogP contribution in [0.15, 0.2) is 60.0 Å². The average molecular weight is 393 g/mol. The third-order valence-corrected chi connectivity index (χ3v) is 5.44. The van der Waals surface area contributed by atoms with Crippen molar-refractivity contribution in [1.82, 2.24) is 5.32 Å². The molecule has 1 aliphatic heterocycles. The van der Waals surface area contributed by atoms with E-state index in [2.05, 4.69) is 5.32 Å². The van der Waals surface area contributed by atoms with Crippen LogP contribution in [0.5, 0.6) is 11.5 Å². The van der Waals surface area contributed by atoms with Gasteiger partial charge < -0.3 is 14.8 Å². The fraction of sp³-hybridized carbons (Fsp3) is 0.182. The summed E-state index contributed by atoms with van der Waals surface area (Å²) < 4.78 is 11.2. The topological polar surface area (TPSA) is 64.6 Å². The molecule has 6 heteroatoms. The molecule has 1 N–H and O–H groups in total. The fourth-order valence-corrected chi connectivity index (χ4v) is 3.78. The van der Waals surface area contributed by atoms with E-state index in [9.17, 15) is 9.59 Å². The van der Waals surface area contributed by atoms with E-state index >= 15 is 0 Å². The van der Waals surface area contributed by atoms with Gasteiger partial charge in [0.1, 0.15) is 13.2 Å². The van der Waals surface area contributed by atoms with Crippen LogP contribution >= 0.6 is 11.3 Å². The molecule has 0 fully saturated rings. The molecular weight excluding hydrogens is 374 g/mol. The van der Waals surface area contributed by atoms with Gasteiger partial charge in [0.2, 0.25) is 5.78 Å². The summed E-state index contributed by atoms with van der Waals surface area (Å²) in [5.41, 5.74) is 1.67. The summed E-state index contributed by atoms with van der Waals surface area (Å²) in [7, 11) is 0. The minimum atomic E-state index is -0.289. The minimum Gasteiger partial charge on any atom is -0.486 e. The van der Waals surface area contributed by atoms with Gasteiger partial charge in [-0.3, -0.25) is 9.59 Å². The van der Waals surface area contributed by atoms with E-state index < -0.39 is 0 Å². The highest BCUT2D eigenvalue weighted by Gasteiger charge is 2.21. The van der Waals surface area contributed by atoms with Crippen LogP contribution in [0.3, 0.4) is 0 Å². The van der Waals surface area contributed by atoms with E-state index in [0.29, 0.717) is 40.7 Å². The van der Waals surface area contributed by atoms with Gasteiger partial charge in [-0.15, -0.1) is 11.3 Å². The van der Waals surface area contributed by atoms with Gasteiger partial charge in [-0.2, -0.15) is 0 Å². The monoisotopic (exact) mass is 393 g/mol. The zero-order chi connectivity index (χ0) is 19.5. The van der Waals surface area contributed by atoms with Gasteiger partial charge in [0.05, 0.1) is 16.5 Å². The third-order valence-electron chi connectivity index (χ3n) is 4.58. The van der Waals surface area contributed by atoms with Crippen LogP contribution in [0, 0.1) is 0 Å². The van der Waals surface area contributed by atoms with Crippen molar-refractivity contribution in [2.75, 3.05) is 13.2 Å². The van der Waals surface area contributed by atoms with Crippen molar-refractivity contribution in [2.24, 2.45) is 0 Å². The Labute approximate surface area is 166 Å². The van der Waals surface area contributed by atoms with Crippen molar-refractivity contribution < 1.29 is 19.1 Å². The maximum atomic E-state index is 12.9. The molecule has 1 amide bonds. The summed E-state index contributed by atoms with van der Waals surface area (Å²) >= 11 is 1.36. The molecule has 4 rings (SSSR count). The minimum absolute atomic E-state index is 0.146. The summed E-state index contributed by atoms with van der Waals surface area (Å²) in [6, 6.07) is 15.8. The zero-order valence-electron chi connectivity index (χ0n) is 15.3. The molecule has 5 nitrogen and oxygen atoms in total. The normalized spacial score (nSPS) is 13.6. The van der Waals surface area contributed by atoms with Gasteiger partial charge in [0.25, 0.3) is 5.91 Å². The summed E-state index contributed by atoms with van der Waals surface area (Å²) in [4.78, 5) is 26.3. The predicted molar refractivity (Wildman–Crippen MR) is 108 cm³/mol. The van der Waals surface area contributed by atoms with Gasteiger partial charge >= 0.3 is 0 Å². The van der Waals surface area contributed by atoms with Crippen molar-refractivity contribution in [3.05, 3.63) is 81.5 Å². The summed E-state index contributed by atoms with van der Waals surface area (Å²) in [5.74, 6) is 0.953. The quantitative estimate of drug-likeness (QED) is 0.659. The first-order chi connectivity index (χ1) is 13.6. The van der Waals surface area contributed by atoms with E-state index in [1.807, 2.05) is 36.6 Å². The highest BCUT2D eigenvalue weighted by Crippen LogP contribution is 2.32. The van der Waals surface area contributed by atoms with Crippen molar-refractivity contribution >= 4 is 23.0 Å². The van der Waals surface area contributed by atoms with Crippen LogP contribution in [0.4, 0.5) is 0 Å². The number of fused-ring (bicyclic) bond motifs is 1. The number of nitrogens with one attached hydrogen (secondary N) is 1. The Hall–Kier alpha value is -3.12. The number of carbonyl (C=O) groups excluding carboxylic acids is 2. The summed E-state index contributed by atoms with van der Waals surface area (Å²) in [6.45, 7) is 2.94. The van der Waals surface area contributed by atoms with Gasteiger partial charge in [-0.25, -0.2) is 0 Å². The SMILES string of the molecule is CC(NC(=O)c1ccccc1C(=O)c1cccs1)c1ccc2c(c1)OCCO2. The number of thiophene rings is 1. The number of rotatable bonds is 5. The second-order valence-electron chi connectivity index (χ2n) is 6.45. The molecular formula is C22H19NO4S. The van der Waals surface area contributed by atoms with Crippen LogP contribution < -0.4 is 14.8 Å². The molecule has 0 bridgehead atoms. The van der Waals surface area contributed by atoms with Crippen LogP contribution in [-0.4, -0.2) is 24.9 Å². The maximum Gasteiger partial charge on any atom is 0.252 e. The molecule has 2 heterocycles. The fourth-order valence-electron chi connectivity index (χ4n) is 3.11. The average Bonchev–Trinajstić information content (AvgIpc) is 3.27. The molecule has 3 aromatic rings. The number of ether oxygens (including phenoxy) is 2. The van der Waals surface area contributed by atoms with Gasteiger partial charge in [0, 0.05) is 5.56 Å². The van der Waals surface area contributed by atoms with Crippen molar-refractivity contribution in [3.8, 4) is 11.5 Å². The molecule has 0 aliphatic carbocycles. The molecule has 142 valence electrons. The lowest BCUT2D eigenvalue weighted by Gasteiger charge is -2.21. The largest absolute Gasteiger partial charge is 0.486 e. The maximum absolute atomic E-state index is 12.9. The Kier molecular flexibility index (Phi) is 5.12. The molecule has 1 aromatic heterocycles. The van der Waals surface area contributed by atoms with Crippen LogP contribution in [0.25, 0.3) is 0 Å². The standard InChI is InChI=1S/C22H19NO4S/c1-14(15-8-9-18-19(13-15)27-11-10-26-18)23-22(25)17-6-3-2-5-16(17)21(24)20-7-4-12-28-20/h2-9,12-14H,10-11H2,1H3,(H,23,25). The molecule has 0 saturated heterocycles. The van der Waals surface area contributed by atoms with E-state index in [1.165, 1.54) is 11.3 Å². The zero-order valence-corrected chi connectivity index (χ0v) is 16.1. The molecule has 28 heavy (non-hydrogen) atoms. The van der Waals surface area contributed by atoms with Crippen LogP contribution in [0.1, 0.15) is 44.1 Å².